The maximum Gasteiger partial charge on any atom is 0.243 e. The first kappa shape index (κ1) is 14.7. The zero-order valence-electron chi connectivity index (χ0n) is 11.3. The molecule has 4 nitrogen and oxygen atoms in total. The van der Waals surface area contributed by atoms with Gasteiger partial charge in [-0.2, -0.15) is 0 Å². The maximum absolute atomic E-state index is 11.8. The van der Waals surface area contributed by atoms with Crippen LogP contribution in [-0.4, -0.2) is 24.9 Å². The minimum Gasteiger partial charge on any atom is -0.354 e. The van der Waals surface area contributed by atoms with Gasteiger partial charge in [-0.1, -0.05) is 32.8 Å². The van der Waals surface area contributed by atoms with Gasteiger partial charge in [-0.15, -0.1) is 0 Å². The number of nitrogens with one attached hydrogen (secondary N) is 2. The molecular weight excluding hydrogens is 228 g/mol. The molecule has 102 valence electrons. The van der Waals surface area contributed by atoms with Crippen LogP contribution in [0.4, 0.5) is 0 Å². The Morgan fingerprint density at radius 2 is 1.78 bits per heavy atom. The first-order valence-electron chi connectivity index (χ1n) is 6.73. The highest BCUT2D eigenvalue weighted by molar-refractivity contribution is 5.86. The van der Waals surface area contributed by atoms with Gasteiger partial charge in [0.05, 0.1) is 0 Å². The van der Waals surface area contributed by atoms with Crippen LogP contribution in [0.2, 0.25) is 0 Å². The van der Waals surface area contributed by atoms with E-state index >= 15 is 0 Å². The van der Waals surface area contributed by atoms with E-state index in [1.165, 1.54) is 25.3 Å². The van der Waals surface area contributed by atoms with Crippen molar-refractivity contribution < 1.29 is 9.59 Å². The molecule has 1 saturated carbocycles. The second kappa shape index (κ2) is 7.19. The highest BCUT2D eigenvalue weighted by atomic mass is 16.2. The van der Waals surface area contributed by atoms with Crippen molar-refractivity contribution in [3.63, 3.8) is 0 Å². The Kier molecular flexibility index (Phi) is 5.89. The van der Waals surface area contributed by atoms with Gasteiger partial charge in [-0.3, -0.25) is 9.59 Å². The fourth-order valence-corrected chi connectivity index (χ4v) is 2.49. The Morgan fingerprint density at radius 3 is 2.39 bits per heavy atom. The number of carbonyl (C=O) groups is 2. The molecule has 0 saturated heterocycles. The molecule has 0 aliphatic heterocycles. The fraction of sp³-hybridized carbons (Fsp3) is 0.714. The molecule has 1 aliphatic rings. The molecule has 0 aromatic carbocycles. The summed E-state index contributed by atoms with van der Waals surface area (Å²) < 4.78 is 0. The van der Waals surface area contributed by atoms with Crippen LogP contribution in [-0.2, 0) is 9.59 Å². The highest BCUT2D eigenvalue weighted by Gasteiger charge is 2.29. The van der Waals surface area contributed by atoms with Crippen molar-refractivity contribution in [3.05, 3.63) is 12.7 Å². The standard InChI is InChI=1S/C14H24N2O2/c1-3-12(17)15-9-10-16-13(18)11-14(2)7-5-4-6-8-14/h3H,1,4-11H2,2H3,(H,15,17)(H,16,18). The molecule has 2 amide bonds. The summed E-state index contributed by atoms with van der Waals surface area (Å²) in [5.74, 6) is -0.115. The van der Waals surface area contributed by atoms with Crippen LogP contribution in [0.3, 0.4) is 0 Å². The predicted molar refractivity (Wildman–Crippen MR) is 72.0 cm³/mol. The topological polar surface area (TPSA) is 58.2 Å². The van der Waals surface area contributed by atoms with Gasteiger partial charge in [-0.25, -0.2) is 0 Å². The van der Waals surface area contributed by atoms with Crippen molar-refractivity contribution in [2.24, 2.45) is 5.41 Å². The van der Waals surface area contributed by atoms with E-state index in [0.717, 1.165) is 12.8 Å². The number of amides is 2. The molecule has 0 bridgehead atoms. The molecule has 4 heteroatoms. The van der Waals surface area contributed by atoms with Crippen LogP contribution >= 0.6 is 0 Å². The van der Waals surface area contributed by atoms with E-state index in [2.05, 4.69) is 24.1 Å². The third-order valence-electron chi connectivity index (χ3n) is 3.58. The predicted octanol–water partition coefficient (Wildman–Crippen LogP) is 1.77. The maximum atomic E-state index is 11.8. The smallest absolute Gasteiger partial charge is 0.243 e. The summed E-state index contributed by atoms with van der Waals surface area (Å²) in [7, 11) is 0. The van der Waals surface area contributed by atoms with Crippen LogP contribution in [0.15, 0.2) is 12.7 Å². The summed E-state index contributed by atoms with van der Waals surface area (Å²) in [4.78, 5) is 22.7. The van der Waals surface area contributed by atoms with Crippen molar-refractivity contribution in [2.75, 3.05) is 13.1 Å². The molecule has 0 aromatic rings. The van der Waals surface area contributed by atoms with E-state index in [-0.39, 0.29) is 17.2 Å². The third-order valence-corrected chi connectivity index (χ3v) is 3.58. The molecule has 18 heavy (non-hydrogen) atoms. The average molecular weight is 252 g/mol. The van der Waals surface area contributed by atoms with E-state index in [0.29, 0.717) is 19.5 Å². The van der Waals surface area contributed by atoms with E-state index in [1.54, 1.807) is 0 Å². The van der Waals surface area contributed by atoms with Crippen molar-refractivity contribution in [1.29, 1.82) is 0 Å². The molecule has 0 unspecified atom stereocenters. The van der Waals surface area contributed by atoms with Gasteiger partial charge in [0.1, 0.15) is 0 Å². The summed E-state index contributed by atoms with van der Waals surface area (Å²) in [6.07, 6.45) is 7.89. The molecule has 1 rings (SSSR count). The van der Waals surface area contributed by atoms with Crippen LogP contribution in [0.1, 0.15) is 45.4 Å². The molecule has 1 aliphatic carbocycles. The number of hydrogen-bond donors (Lipinski definition) is 2. The number of carbonyl (C=O) groups excluding carboxylic acids is 2. The van der Waals surface area contributed by atoms with Crippen LogP contribution in [0.5, 0.6) is 0 Å². The highest BCUT2D eigenvalue weighted by Crippen LogP contribution is 2.38. The Morgan fingerprint density at radius 1 is 1.17 bits per heavy atom. The lowest BCUT2D eigenvalue weighted by atomic mass is 9.73. The lowest BCUT2D eigenvalue weighted by molar-refractivity contribution is -0.124. The fourth-order valence-electron chi connectivity index (χ4n) is 2.49. The van der Waals surface area contributed by atoms with Crippen molar-refractivity contribution >= 4 is 11.8 Å². The van der Waals surface area contributed by atoms with Crippen molar-refractivity contribution in [3.8, 4) is 0 Å². The lowest BCUT2D eigenvalue weighted by Crippen LogP contribution is -2.36. The number of rotatable bonds is 6. The summed E-state index contributed by atoms with van der Waals surface area (Å²) in [6.45, 7) is 6.49. The quantitative estimate of drug-likeness (QED) is 0.559. The van der Waals surface area contributed by atoms with Gasteiger partial charge in [0, 0.05) is 19.5 Å². The normalized spacial score (nSPS) is 17.8. The first-order chi connectivity index (χ1) is 8.56. The van der Waals surface area contributed by atoms with E-state index in [4.69, 9.17) is 0 Å². The minimum atomic E-state index is -0.205. The van der Waals surface area contributed by atoms with Crippen LogP contribution in [0.25, 0.3) is 0 Å². The molecule has 2 N–H and O–H groups in total. The van der Waals surface area contributed by atoms with E-state index < -0.39 is 0 Å². The lowest BCUT2D eigenvalue weighted by Gasteiger charge is -2.32. The summed E-state index contributed by atoms with van der Waals surface area (Å²) >= 11 is 0. The third kappa shape index (κ3) is 5.34. The summed E-state index contributed by atoms with van der Waals surface area (Å²) in [5, 5.41) is 5.48. The van der Waals surface area contributed by atoms with E-state index in [9.17, 15) is 9.59 Å². The van der Waals surface area contributed by atoms with Gasteiger partial charge in [0.15, 0.2) is 0 Å². The SMILES string of the molecule is C=CC(=O)NCCNC(=O)CC1(C)CCCCC1. The molecule has 0 spiro atoms. The molecule has 0 aromatic heterocycles. The molecular formula is C14H24N2O2. The van der Waals surface area contributed by atoms with Crippen molar-refractivity contribution in [2.45, 2.75) is 45.4 Å². The summed E-state index contributed by atoms with van der Waals surface area (Å²) in [5.41, 5.74) is 0.173. The Bertz CT molecular complexity index is 307. The molecule has 0 atom stereocenters. The number of hydrogen-bond acceptors (Lipinski definition) is 2. The van der Waals surface area contributed by atoms with Gasteiger partial charge in [0.25, 0.3) is 0 Å². The largest absolute Gasteiger partial charge is 0.354 e. The Balaban J connectivity index is 2.16. The Hall–Kier alpha value is -1.32. The van der Waals surface area contributed by atoms with E-state index in [1.807, 2.05) is 0 Å². The molecule has 1 fully saturated rings. The zero-order chi connectivity index (χ0) is 13.4. The second-order valence-corrected chi connectivity index (χ2v) is 5.39. The second-order valence-electron chi connectivity index (χ2n) is 5.39. The molecule has 0 heterocycles. The van der Waals surface area contributed by atoms with Crippen molar-refractivity contribution in [1.82, 2.24) is 10.6 Å². The van der Waals surface area contributed by atoms with Crippen LogP contribution < -0.4 is 10.6 Å². The Labute approximate surface area is 109 Å². The monoisotopic (exact) mass is 252 g/mol. The zero-order valence-corrected chi connectivity index (χ0v) is 11.3. The molecule has 0 radical (unpaired) electrons. The minimum absolute atomic E-state index is 0.0900. The first-order valence-corrected chi connectivity index (χ1v) is 6.73. The van der Waals surface area contributed by atoms with Gasteiger partial charge in [0.2, 0.25) is 11.8 Å². The van der Waals surface area contributed by atoms with Crippen LogP contribution in [0, 0.1) is 5.41 Å². The average Bonchev–Trinajstić information content (AvgIpc) is 2.34. The summed E-state index contributed by atoms with van der Waals surface area (Å²) in [6, 6.07) is 0. The van der Waals surface area contributed by atoms with Gasteiger partial charge in [-0.05, 0) is 24.3 Å². The van der Waals surface area contributed by atoms with Gasteiger partial charge >= 0.3 is 0 Å². The van der Waals surface area contributed by atoms with Gasteiger partial charge < -0.3 is 10.6 Å².